The lowest BCUT2D eigenvalue weighted by Gasteiger charge is -1.97. The summed E-state index contributed by atoms with van der Waals surface area (Å²) in [5, 5.41) is 19.1. The minimum Gasteiger partial charge on any atom is -0.507 e. The van der Waals surface area contributed by atoms with Crippen molar-refractivity contribution in [1.29, 1.82) is 0 Å². The van der Waals surface area contributed by atoms with Gasteiger partial charge < -0.3 is 10.2 Å². The first-order valence-corrected chi connectivity index (χ1v) is 6.83. The molecule has 2 aromatic rings. The van der Waals surface area contributed by atoms with Crippen LogP contribution in [-0.4, -0.2) is 35.7 Å². The van der Waals surface area contributed by atoms with Crippen molar-refractivity contribution in [3.05, 3.63) is 59.7 Å². The smallest absolute Gasteiger partial charge is 0.124 e. The molecule has 0 aromatic heterocycles. The summed E-state index contributed by atoms with van der Waals surface area (Å²) in [5.41, 5.74) is 1.44. The molecule has 4 nitrogen and oxygen atoms in total. The van der Waals surface area contributed by atoms with E-state index >= 15 is 0 Å². The lowest BCUT2D eigenvalue weighted by atomic mass is 10.2. The molecule has 0 aliphatic heterocycles. The van der Waals surface area contributed by atoms with Crippen molar-refractivity contribution in [2.75, 3.05) is 13.1 Å². The number of hydrogen-bond donors (Lipinski definition) is 2. The number of aromatic hydroxyl groups is 2. The molecule has 21 heavy (non-hydrogen) atoms. The molecular weight excluding hydrogens is 264 g/mol. The SMILES string of the molecule is Oc1ccccc1/C=N\CCC/N=C/c1ccccc1O. The molecule has 108 valence electrons. The minimum atomic E-state index is 0.235. The van der Waals surface area contributed by atoms with Gasteiger partial charge in [-0.15, -0.1) is 0 Å². The van der Waals surface area contributed by atoms with Crippen LogP contribution in [0.5, 0.6) is 11.5 Å². The highest BCUT2D eigenvalue weighted by Gasteiger charge is 1.95. The van der Waals surface area contributed by atoms with Crippen molar-refractivity contribution in [3.8, 4) is 11.5 Å². The van der Waals surface area contributed by atoms with E-state index in [0.717, 1.165) is 17.5 Å². The highest BCUT2D eigenvalue weighted by atomic mass is 16.3. The van der Waals surface area contributed by atoms with Crippen LogP contribution in [0.4, 0.5) is 0 Å². The maximum absolute atomic E-state index is 9.56. The normalized spacial score (nSPS) is 11.4. The molecule has 0 saturated carbocycles. The quantitative estimate of drug-likeness (QED) is 0.632. The van der Waals surface area contributed by atoms with Crippen LogP contribution in [-0.2, 0) is 0 Å². The van der Waals surface area contributed by atoms with Crippen molar-refractivity contribution in [1.82, 2.24) is 0 Å². The molecule has 0 heterocycles. The summed E-state index contributed by atoms with van der Waals surface area (Å²) in [6, 6.07) is 14.2. The molecule has 0 aliphatic rings. The zero-order chi connectivity index (χ0) is 14.9. The summed E-state index contributed by atoms with van der Waals surface area (Å²) in [6.45, 7) is 1.29. The molecule has 0 aliphatic carbocycles. The number of rotatable bonds is 6. The number of phenolic OH excluding ortho intramolecular Hbond substituents is 2. The van der Waals surface area contributed by atoms with Gasteiger partial charge in [0.25, 0.3) is 0 Å². The fraction of sp³-hybridized carbons (Fsp3) is 0.176. The van der Waals surface area contributed by atoms with Crippen LogP contribution in [0, 0.1) is 0 Å². The van der Waals surface area contributed by atoms with Crippen molar-refractivity contribution < 1.29 is 10.2 Å². The van der Waals surface area contributed by atoms with E-state index in [4.69, 9.17) is 0 Å². The van der Waals surface area contributed by atoms with Gasteiger partial charge in [0.05, 0.1) is 0 Å². The Kier molecular flexibility index (Phi) is 5.52. The summed E-state index contributed by atoms with van der Waals surface area (Å²) in [4.78, 5) is 8.51. The molecule has 0 radical (unpaired) electrons. The maximum atomic E-state index is 9.56. The third-order valence-electron chi connectivity index (χ3n) is 2.91. The van der Waals surface area contributed by atoms with Gasteiger partial charge in [-0.25, -0.2) is 0 Å². The minimum absolute atomic E-state index is 0.235. The molecule has 2 N–H and O–H groups in total. The van der Waals surface area contributed by atoms with Crippen molar-refractivity contribution in [3.63, 3.8) is 0 Å². The van der Waals surface area contributed by atoms with Crippen molar-refractivity contribution in [2.45, 2.75) is 6.42 Å². The van der Waals surface area contributed by atoms with Crippen LogP contribution >= 0.6 is 0 Å². The van der Waals surface area contributed by atoms with Crippen LogP contribution < -0.4 is 0 Å². The average Bonchev–Trinajstić information content (AvgIpc) is 2.50. The van der Waals surface area contributed by atoms with Gasteiger partial charge in [-0.1, -0.05) is 24.3 Å². The van der Waals surface area contributed by atoms with E-state index in [1.165, 1.54) is 0 Å². The molecule has 0 unspecified atom stereocenters. The molecular formula is C17H18N2O2. The summed E-state index contributed by atoms with van der Waals surface area (Å²) < 4.78 is 0. The van der Waals surface area contributed by atoms with E-state index in [9.17, 15) is 10.2 Å². The van der Waals surface area contributed by atoms with Gasteiger partial charge in [-0.05, 0) is 30.7 Å². The summed E-state index contributed by atoms with van der Waals surface area (Å²) >= 11 is 0. The van der Waals surface area contributed by atoms with E-state index in [1.807, 2.05) is 24.3 Å². The highest BCUT2D eigenvalue weighted by molar-refractivity contribution is 5.83. The second kappa shape index (κ2) is 7.85. The van der Waals surface area contributed by atoms with Crippen molar-refractivity contribution in [2.24, 2.45) is 9.98 Å². The first-order chi connectivity index (χ1) is 10.3. The summed E-state index contributed by atoms with van der Waals surface area (Å²) in [5.74, 6) is 0.470. The average molecular weight is 282 g/mol. The molecule has 0 amide bonds. The maximum Gasteiger partial charge on any atom is 0.124 e. The Morgan fingerprint density at radius 2 is 1.14 bits per heavy atom. The number of aliphatic imine (C=N–C) groups is 2. The Bertz CT molecular complexity index is 581. The predicted molar refractivity (Wildman–Crippen MR) is 85.8 cm³/mol. The molecule has 2 rings (SSSR count). The van der Waals surface area contributed by atoms with E-state index in [1.54, 1.807) is 36.7 Å². The number of phenols is 2. The number of hydrogen-bond acceptors (Lipinski definition) is 4. The van der Waals surface area contributed by atoms with E-state index in [0.29, 0.717) is 13.1 Å². The second-order valence-electron chi connectivity index (χ2n) is 4.54. The van der Waals surface area contributed by atoms with Crippen LogP contribution in [0.3, 0.4) is 0 Å². The number of para-hydroxylation sites is 2. The van der Waals surface area contributed by atoms with Gasteiger partial charge in [0.2, 0.25) is 0 Å². The van der Waals surface area contributed by atoms with Crippen molar-refractivity contribution >= 4 is 12.4 Å². The Hall–Kier alpha value is -2.62. The van der Waals surface area contributed by atoms with Gasteiger partial charge >= 0.3 is 0 Å². The molecule has 0 atom stereocenters. The molecule has 0 spiro atoms. The monoisotopic (exact) mass is 282 g/mol. The standard InChI is InChI=1S/C17H18N2O2/c20-16-8-3-1-6-14(16)12-18-10-5-11-19-13-15-7-2-4-9-17(15)21/h1-4,6-9,12-13,20-21H,5,10-11H2/b18-12-,19-13+. The first kappa shape index (κ1) is 14.8. The highest BCUT2D eigenvalue weighted by Crippen LogP contribution is 2.13. The molecule has 4 heteroatoms. The molecule has 0 bridgehead atoms. The molecule has 0 saturated heterocycles. The number of benzene rings is 2. The fourth-order valence-electron chi connectivity index (χ4n) is 1.77. The van der Waals surface area contributed by atoms with Gasteiger partial charge in [0, 0.05) is 36.6 Å². The van der Waals surface area contributed by atoms with Crippen LogP contribution in [0.15, 0.2) is 58.5 Å². The van der Waals surface area contributed by atoms with Crippen LogP contribution in [0.2, 0.25) is 0 Å². The number of nitrogens with zero attached hydrogens (tertiary/aromatic N) is 2. The fourth-order valence-corrected chi connectivity index (χ4v) is 1.77. The van der Waals surface area contributed by atoms with Gasteiger partial charge in [0.15, 0.2) is 0 Å². The third kappa shape index (κ3) is 4.76. The summed E-state index contributed by atoms with van der Waals surface area (Å²) in [6.07, 6.45) is 4.15. The lowest BCUT2D eigenvalue weighted by molar-refractivity contribution is 0.474. The molecule has 2 aromatic carbocycles. The Morgan fingerprint density at radius 1 is 0.714 bits per heavy atom. The Balaban J connectivity index is 1.73. The summed E-state index contributed by atoms with van der Waals surface area (Å²) in [7, 11) is 0. The van der Waals surface area contributed by atoms with Crippen LogP contribution in [0.25, 0.3) is 0 Å². The van der Waals surface area contributed by atoms with Gasteiger partial charge in [-0.3, -0.25) is 9.98 Å². The largest absolute Gasteiger partial charge is 0.507 e. The second-order valence-corrected chi connectivity index (χ2v) is 4.54. The van der Waals surface area contributed by atoms with E-state index in [-0.39, 0.29) is 11.5 Å². The zero-order valence-electron chi connectivity index (χ0n) is 11.7. The first-order valence-electron chi connectivity index (χ1n) is 6.83. The zero-order valence-corrected chi connectivity index (χ0v) is 11.7. The Labute approximate surface area is 124 Å². The van der Waals surface area contributed by atoms with Crippen LogP contribution in [0.1, 0.15) is 17.5 Å². The lowest BCUT2D eigenvalue weighted by Crippen LogP contribution is -1.90. The van der Waals surface area contributed by atoms with E-state index in [2.05, 4.69) is 9.98 Å². The molecule has 0 fully saturated rings. The van der Waals surface area contributed by atoms with Gasteiger partial charge in [0.1, 0.15) is 11.5 Å². The Morgan fingerprint density at radius 3 is 1.57 bits per heavy atom. The van der Waals surface area contributed by atoms with E-state index < -0.39 is 0 Å². The third-order valence-corrected chi connectivity index (χ3v) is 2.91. The topological polar surface area (TPSA) is 65.2 Å². The predicted octanol–water partition coefficient (Wildman–Crippen LogP) is 3.03. The van der Waals surface area contributed by atoms with Gasteiger partial charge in [-0.2, -0.15) is 0 Å².